The summed E-state index contributed by atoms with van der Waals surface area (Å²) < 4.78 is 0. The van der Waals surface area contributed by atoms with Gasteiger partial charge in [-0.3, -0.25) is 0 Å². The molecule has 17 heavy (non-hydrogen) atoms. The Morgan fingerprint density at radius 2 is 1.53 bits per heavy atom. The van der Waals surface area contributed by atoms with E-state index in [0.29, 0.717) is 0 Å². The predicted octanol–water partition coefficient (Wildman–Crippen LogP) is 4.32. The lowest BCUT2D eigenvalue weighted by Gasteiger charge is -2.42. The van der Waals surface area contributed by atoms with Crippen LogP contribution in [0, 0.1) is 17.8 Å². The number of hydrogen-bond acceptors (Lipinski definition) is 1. The molecular formula is C16H31N. The maximum absolute atomic E-state index is 2.68. The summed E-state index contributed by atoms with van der Waals surface area (Å²) in [6.07, 6.45) is 12.0. The topological polar surface area (TPSA) is 3.24 Å². The summed E-state index contributed by atoms with van der Waals surface area (Å²) in [5, 5.41) is 0. The van der Waals surface area contributed by atoms with Crippen LogP contribution in [-0.4, -0.2) is 24.5 Å². The average Bonchev–Trinajstić information content (AvgIpc) is 2.17. The Labute approximate surface area is 108 Å². The molecule has 1 heteroatoms. The monoisotopic (exact) mass is 237 g/mol. The fourth-order valence-electron chi connectivity index (χ4n) is 3.41. The van der Waals surface area contributed by atoms with E-state index >= 15 is 0 Å². The minimum atomic E-state index is 0.896. The second-order valence-corrected chi connectivity index (χ2v) is 6.76. The molecule has 0 aromatic rings. The molecule has 0 bridgehead atoms. The van der Waals surface area contributed by atoms with Crippen molar-refractivity contribution in [2.75, 3.05) is 19.6 Å². The highest BCUT2D eigenvalue weighted by molar-refractivity contribution is 4.82. The summed E-state index contributed by atoms with van der Waals surface area (Å²) in [4.78, 5) is 2.68. The normalized spacial score (nSPS) is 25.6. The molecule has 1 saturated heterocycles. The van der Waals surface area contributed by atoms with Crippen molar-refractivity contribution >= 4 is 0 Å². The molecular weight excluding hydrogens is 206 g/mol. The van der Waals surface area contributed by atoms with Crippen LogP contribution >= 0.6 is 0 Å². The first-order chi connectivity index (χ1) is 8.25. The van der Waals surface area contributed by atoms with Crippen LogP contribution < -0.4 is 0 Å². The molecule has 1 heterocycles. The SMILES string of the molecule is CC(C)C1CN(CCC2CCCCCCC2)C1. The molecule has 0 amide bonds. The van der Waals surface area contributed by atoms with Crippen LogP contribution in [0.4, 0.5) is 0 Å². The second kappa shape index (κ2) is 6.78. The van der Waals surface area contributed by atoms with Crippen molar-refractivity contribution in [2.45, 2.75) is 65.2 Å². The zero-order chi connectivity index (χ0) is 12.1. The van der Waals surface area contributed by atoms with Crippen LogP contribution in [0.25, 0.3) is 0 Å². The van der Waals surface area contributed by atoms with E-state index in [0.717, 1.165) is 17.8 Å². The molecule has 0 N–H and O–H groups in total. The fourth-order valence-corrected chi connectivity index (χ4v) is 3.41. The van der Waals surface area contributed by atoms with Crippen molar-refractivity contribution in [1.82, 2.24) is 4.90 Å². The minimum absolute atomic E-state index is 0.896. The number of rotatable bonds is 4. The van der Waals surface area contributed by atoms with Crippen molar-refractivity contribution in [2.24, 2.45) is 17.8 Å². The lowest BCUT2D eigenvalue weighted by molar-refractivity contribution is 0.0617. The molecule has 0 spiro atoms. The Hall–Kier alpha value is -0.0400. The molecule has 2 fully saturated rings. The molecule has 0 radical (unpaired) electrons. The highest BCUT2D eigenvalue weighted by Gasteiger charge is 2.28. The smallest absolute Gasteiger partial charge is 0.00245 e. The van der Waals surface area contributed by atoms with E-state index in [1.807, 2.05) is 0 Å². The summed E-state index contributed by atoms with van der Waals surface area (Å²) in [5.74, 6) is 2.94. The van der Waals surface area contributed by atoms with Gasteiger partial charge in [0.05, 0.1) is 0 Å². The van der Waals surface area contributed by atoms with Crippen molar-refractivity contribution in [3.63, 3.8) is 0 Å². The number of hydrogen-bond donors (Lipinski definition) is 0. The first-order valence-corrected chi connectivity index (χ1v) is 7.98. The first kappa shape index (κ1) is 13.4. The highest BCUT2D eigenvalue weighted by Crippen LogP contribution is 2.28. The maximum Gasteiger partial charge on any atom is 0.00245 e. The van der Waals surface area contributed by atoms with Crippen LogP contribution in [0.3, 0.4) is 0 Å². The summed E-state index contributed by atoms with van der Waals surface area (Å²) in [5.41, 5.74) is 0. The van der Waals surface area contributed by atoms with Gasteiger partial charge in [0.15, 0.2) is 0 Å². The summed E-state index contributed by atoms with van der Waals surface area (Å²) in [7, 11) is 0. The first-order valence-electron chi connectivity index (χ1n) is 7.98. The van der Waals surface area contributed by atoms with E-state index in [-0.39, 0.29) is 0 Å². The summed E-state index contributed by atoms with van der Waals surface area (Å²) in [6, 6.07) is 0. The van der Waals surface area contributed by atoms with Gasteiger partial charge in [0.1, 0.15) is 0 Å². The third-order valence-electron chi connectivity index (χ3n) is 5.01. The Balaban J connectivity index is 1.58. The molecule has 1 saturated carbocycles. The van der Waals surface area contributed by atoms with Crippen LogP contribution in [0.1, 0.15) is 65.2 Å². The highest BCUT2D eigenvalue weighted by atomic mass is 15.2. The lowest BCUT2D eigenvalue weighted by atomic mass is 9.86. The van der Waals surface area contributed by atoms with Gasteiger partial charge in [-0.25, -0.2) is 0 Å². The molecule has 1 aliphatic heterocycles. The molecule has 0 aromatic carbocycles. The van der Waals surface area contributed by atoms with Crippen molar-refractivity contribution in [1.29, 1.82) is 0 Å². The Morgan fingerprint density at radius 1 is 0.941 bits per heavy atom. The third-order valence-corrected chi connectivity index (χ3v) is 5.01. The van der Waals surface area contributed by atoms with Gasteiger partial charge in [0, 0.05) is 13.1 Å². The largest absolute Gasteiger partial charge is 0.303 e. The Kier molecular flexibility index (Phi) is 5.34. The van der Waals surface area contributed by atoms with Gasteiger partial charge in [0.2, 0.25) is 0 Å². The Bertz CT molecular complexity index is 198. The minimum Gasteiger partial charge on any atom is -0.303 e. The standard InChI is InChI=1S/C16H31N/c1-14(2)16-12-17(13-16)11-10-15-8-6-4-3-5-7-9-15/h14-16H,3-13H2,1-2H3. The van der Waals surface area contributed by atoms with Gasteiger partial charge in [-0.05, 0) is 30.7 Å². The lowest BCUT2D eigenvalue weighted by Crippen LogP contribution is -2.49. The third kappa shape index (κ3) is 4.28. The quantitative estimate of drug-likeness (QED) is 0.703. The van der Waals surface area contributed by atoms with Crippen molar-refractivity contribution in [3.8, 4) is 0 Å². The van der Waals surface area contributed by atoms with Crippen molar-refractivity contribution < 1.29 is 0 Å². The van der Waals surface area contributed by atoms with Crippen LogP contribution in [-0.2, 0) is 0 Å². The molecule has 0 unspecified atom stereocenters. The zero-order valence-electron chi connectivity index (χ0n) is 12.0. The van der Waals surface area contributed by atoms with E-state index in [2.05, 4.69) is 18.7 Å². The molecule has 0 aromatic heterocycles. The molecule has 2 rings (SSSR count). The Morgan fingerprint density at radius 3 is 2.12 bits per heavy atom. The summed E-state index contributed by atoms with van der Waals surface area (Å²) >= 11 is 0. The number of likely N-dealkylation sites (tertiary alicyclic amines) is 1. The van der Waals surface area contributed by atoms with Crippen LogP contribution in [0.5, 0.6) is 0 Å². The van der Waals surface area contributed by atoms with Gasteiger partial charge in [0.25, 0.3) is 0 Å². The second-order valence-electron chi connectivity index (χ2n) is 6.76. The molecule has 1 nitrogen and oxygen atoms in total. The fraction of sp³-hybridized carbons (Fsp3) is 1.00. The van der Waals surface area contributed by atoms with Gasteiger partial charge in [-0.1, -0.05) is 58.8 Å². The van der Waals surface area contributed by atoms with Gasteiger partial charge < -0.3 is 4.90 Å². The van der Waals surface area contributed by atoms with Gasteiger partial charge in [-0.2, -0.15) is 0 Å². The van der Waals surface area contributed by atoms with Gasteiger partial charge >= 0.3 is 0 Å². The van der Waals surface area contributed by atoms with Gasteiger partial charge in [-0.15, -0.1) is 0 Å². The molecule has 100 valence electrons. The zero-order valence-corrected chi connectivity index (χ0v) is 12.0. The van der Waals surface area contributed by atoms with E-state index in [9.17, 15) is 0 Å². The molecule has 2 aliphatic rings. The number of nitrogens with zero attached hydrogens (tertiary/aromatic N) is 1. The van der Waals surface area contributed by atoms with E-state index in [1.54, 1.807) is 0 Å². The molecule has 1 aliphatic carbocycles. The van der Waals surface area contributed by atoms with E-state index < -0.39 is 0 Å². The van der Waals surface area contributed by atoms with E-state index in [1.165, 1.54) is 71.0 Å². The molecule has 0 atom stereocenters. The predicted molar refractivity (Wildman–Crippen MR) is 75.2 cm³/mol. The maximum atomic E-state index is 2.68. The van der Waals surface area contributed by atoms with Crippen molar-refractivity contribution in [3.05, 3.63) is 0 Å². The average molecular weight is 237 g/mol. The van der Waals surface area contributed by atoms with Crippen LogP contribution in [0.15, 0.2) is 0 Å². The van der Waals surface area contributed by atoms with E-state index in [4.69, 9.17) is 0 Å². The summed E-state index contributed by atoms with van der Waals surface area (Å²) in [6.45, 7) is 8.89. The van der Waals surface area contributed by atoms with Crippen LogP contribution in [0.2, 0.25) is 0 Å².